The number of nitrogens with zero attached hydrogens (tertiary/aromatic N) is 4. The van der Waals surface area contributed by atoms with Crippen molar-refractivity contribution >= 4 is 88.5 Å². The average molecular weight is 570 g/mol. The number of aryl methyl sites for hydroxylation is 2. The number of alkyl halides is 1. The summed E-state index contributed by atoms with van der Waals surface area (Å²) in [6, 6.07) is 7.51. The first kappa shape index (κ1) is 21.9. The molecule has 2 aromatic carbocycles. The minimum Gasteiger partial charge on any atom is -0.390 e. The number of fused-ring (bicyclic) bond motifs is 2. The van der Waals surface area contributed by atoms with E-state index < -0.39 is 0 Å². The molecule has 0 aliphatic rings. The maximum atomic E-state index is 9.19. The predicted molar refractivity (Wildman–Crippen MR) is 122 cm³/mol. The smallest absolute Gasteiger partial charge is 0.0942 e. The van der Waals surface area contributed by atoms with Crippen LogP contribution in [-0.2, 0) is 26.6 Å². The van der Waals surface area contributed by atoms with Crippen LogP contribution in [0.5, 0.6) is 0 Å². The van der Waals surface area contributed by atoms with Crippen molar-refractivity contribution in [3.63, 3.8) is 0 Å². The van der Waals surface area contributed by atoms with Gasteiger partial charge < -0.3 is 5.11 Å². The number of hydrogen-bond donors (Lipinski definition) is 1. The van der Waals surface area contributed by atoms with Gasteiger partial charge in [-0.15, -0.1) is 11.6 Å². The van der Waals surface area contributed by atoms with E-state index in [4.69, 9.17) is 34.8 Å². The maximum absolute atomic E-state index is 9.19. The Kier molecular flexibility index (Phi) is 6.95. The Morgan fingerprint density at radius 2 is 1.29 bits per heavy atom. The lowest BCUT2D eigenvalue weighted by Gasteiger charge is -1.99. The molecule has 4 aromatic rings. The molecule has 0 unspecified atom stereocenters. The Hall–Kier alpha value is -0.830. The van der Waals surface area contributed by atoms with Crippen molar-refractivity contribution in [2.75, 3.05) is 0 Å². The molecule has 28 heavy (non-hydrogen) atoms. The van der Waals surface area contributed by atoms with Crippen LogP contribution < -0.4 is 0 Å². The largest absolute Gasteiger partial charge is 0.390 e. The number of aliphatic hydroxyl groups excluding tert-OH is 1. The second-order valence-electron chi connectivity index (χ2n) is 5.94. The molecule has 0 atom stereocenters. The van der Waals surface area contributed by atoms with Crippen molar-refractivity contribution in [3.8, 4) is 0 Å². The molecule has 1 N–H and O–H groups in total. The van der Waals surface area contributed by atoms with Gasteiger partial charge in [-0.1, -0.05) is 23.2 Å². The van der Waals surface area contributed by atoms with Crippen molar-refractivity contribution in [2.45, 2.75) is 12.5 Å². The van der Waals surface area contributed by atoms with Crippen LogP contribution >= 0.6 is 66.7 Å². The van der Waals surface area contributed by atoms with Crippen molar-refractivity contribution in [2.24, 2.45) is 14.1 Å². The molecule has 0 spiro atoms. The van der Waals surface area contributed by atoms with Gasteiger partial charge in [0, 0.05) is 33.8 Å². The SMILES string of the molecule is Cn1nc2ccc(Br)c(Cl)c2c1CCl.Cn1nc2ccc(Br)c(Cl)c2c1CO. The van der Waals surface area contributed by atoms with Gasteiger partial charge in [-0.25, -0.2) is 0 Å². The molecule has 0 aliphatic heterocycles. The summed E-state index contributed by atoms with van der Waals surface area (Å²) in [5.41, 5.74) is 3.33. The van der Waals surface area contributed by atoms with E-state index in [1.54, 1.807) is 16.4 Å². The molecule has 5 nitrogen and oxygen atoms in total. The molecular formula is C18H15Br2Cl3N4O. The highest BCUT2D eigenvalue weighted by Gasteiger charge is 2.14. The lowest BCUT2D eigenvalue weighted by Crippen LogP contribution is -1.97. The first-order valence-corrected chi connectivity index (χ1v) is 10.9. The molecule has 4 rings (SSSR count). The third-order valence-corrected chi connectivity index (χ3v) is 7.11. The molecule has 0 fully saturated rings. The van der Waals surface area contributed by atoms with Crippen molar-refractivity contribution in [1.29, 1.82) is 0 Å². The summed E-state index contributed by atoms with van der Waals surface area (Å²) in [5.74, 6) is 0.406. The van der Waals surface area contributed by atoms with Gasteiger partial charge in [0.05, 0.1) is 45.0 Å². The van der Waals surface area contributed by atoms with Crippen LogP contribution in [0.3, 0.4) is 0 Å². The lowest BCUT2D eigenvalue weighted by atomic mass is 10.2. The van der Waals surface area contributed by atoms with Crippen LogP contribution in [0.15, 0.2) is 33.2 Å². The van der Waals surface area contributed by atoms with Gasteiger partial charge in [-0.3, -0.25) is 9.36 Å². The third kappa shape index (κ3) is 3.93. The summed E-state index contributed by atoms with van der Waals surface area (Å²) >= 11 is 24.8. The Bertz CT molecular complexity index is 1080. The van der Waals surface area contributed by atoms with E-state index in [0.29, 0.717) is 15.9 Å². The van der Waals surface area contributed by atoms with Crippen molar-refractivity contribution in [3.05, 3.63) is 54.6 Å². The molecular weight excluding hydrogens is 554 g/mol. The molecule has 148 valence electrons. The van der Waals surface area contributed by atoms with Crippen LogP contribution in [-0.4, -0.2) is 24.7 Å². The predicted octanol–water partition coefficient (Wildman–Crippen LogP) is 6.21. The zero-order valence-corrected chi connectivity index (χ0v) is 20.3. The van der Waals surface area contributed by atoms with E-state index in [1.165, 1.54) is 0 Å². The summed E-state index contributed by atoms with van der Waals surface area (Å²) < 4.78 is 5.08. The van der Waals surface area contributed by atoms with E-state index in [0.717, 1.165) is 42.1 Å². The summed E-state index contributed by atoms with van der Waals surface area (Å²) in [6.45, 7) is -0.0663. The van der Waals surface area contributed by atoms with Gasteiger partial charge in [0.2, 0.25) is 0 Å². The second kappa shape index (κ2) is 8.90. The molecule has 2 heterocycles. The summed E-state index contributed by atoms with van der Waals surface area (Å²) in [5, 5.41) is 20.7. The lowest BCUT2D eigenvalue weighted by molar-refractivity contribution is 0.272. The van der Waals surface area contributed by atoms with Gasteiger partial charge in [0.15, 0.2) is 0 Å². The molecule has 0 saturated carbocycles. The Morgan fingerprint density at radius 1 is 0.857 bits per heavy atom. The number of benzene rings is 2. The van der Waals surface area contributed by atoms with Crippen molar-refractivity contribution in [1.82, 2.24) is 19.6 Å². The average Bonchev–Trinajstić information content (AvgIpc) is 3.18. The highest BCUT2D eigenvalue weighted by Crippen LogP contribution is 2.34. The first-order chi connectivity index (χ1) is 13.3. The molecule has 0 amide bonds. The molecule has 0 bridgehead atoms. The van der Waals surface area contributed by atoms with E-state index >= 15 is 0 Å². The number of aromatic nitrogens is 4. The fraction of sp³-hybridized carbons (Fsp3) is 0.222. The molecule has 10 heteroatoms. The van der Waals surface area contributed by atoms with Gasteiger partial charge in [-0.05, 0) is 56.1 Å². The summed E-state index contributed by atoms with van der Waals surface area (Å²) in [7, 11) is 3.65. The zero-order valence-electron chi connectivity index (χ0n) is 14.8. The summed E-state index contributed by atoms with van der Waals surface area (Å²) in [6.07, 6.45) is 0. The molecule has 0 saturated heterocycles. The Morgan fingerprint density at radius 3 is 1.71 bits per heavy atom. The van der Waals surface area contributed by atoms with Crippen LogP contribution in [0.25, 0.3) is 21.8 Å². The maximum Gasteiger partial charge on any atom is 0.0942 e. The van der Waals surface area contributed by atoms with Crippen molar-refractivity contribution < 1.29 is 5.11 Å². The van der Waals surface area contributed by atoms with Gasteiger partial charge >= 0.3 is 0 Å². The first-order valence-electron chi connectivity index (χ1n) is 8.06. The fourth-order valence-corrected chi connectivity index (χ4v) is 4.40. The third-order valence-electron chi connectivity index (χ3n) is 4.30. The number of rotatable bonds is 2. The van der Waals surface area contributed by atoms with Gasteiger partial charge in [-0.2, -0.15) is 10.2 Å². The zero-order chi connectivity index (χ0) is 20.6. The van der Waals surface area contributed by atoms with Gasteiger partial charge in [0.1, 0.15) is 0 Å². The molecule has 0 radical (unpaired) electrons. The van der Waals surface area contributed by atoms with Gasteiger partial charge in [0.25, 0.3) is 0 Å². The second-order valence-corrected chi connectivity index (χ2v) is 8.68. The monoisotopic (exact) mass is 566 g/mol. The molecule has 2 aromatic heterocycles. The van der Waals surface area contributed by atoms with E-state index in [2.05, 4.69) is 42.1 Å². The van der Waals surface area contributed by atoms with Crippen LogP contribution in [0, 0.1) is 0 Å². The number of aliphatic hydroxyl groups is 1. The quantitative estimate of drug-likeness (QED) is 0.292. The van der Waals surface area contributed by atoms with Crippen LogP contribution in [0.2, 0.25) is 10.0 Å². The highest BCUT2D eigenvalue weighted by atomic mass is 79.9. The fourth-order valence-electron chi connectivity index (χ4n) is 2.90. The number of hydrogen-bond acceptors (Lipinski definition) is 3. The molecule has 0 aliphatic carbocycles. The van der Waals surface area contributed by atoms with E-state index in [-0.39, 0.29) is 6.61 Å². The Labute approximate surface area is 193 Å². The summed E-state index contributed by atoms with van der Waals surface area (Å²) in [4.78, 5) is 0. The Balaban J connectivity index is 0.000000161. The highest BCUT2D eigenvalue weighted by molar-refractivity contribution is 9.10. The number of halogens is 5. The van der Waals surface area contributed by atoms with E-state index in [9.17, 15) is 5.11 Å². The standard InChI is InChI=1S/C9H7BrCl2N2.C9H8BrClN2O/c1-14-7(4-11)8-6(13-14)3-2-5(10)9(8)12;1-13-7(4-14)8-6(12-13)3-2-5(10)9(8)11/h2-3H,4H2,1H3;2-3,14H,4H2,1H3. The minimum absolute atomic E-state index is 0.0663. The van der Waals surface area contributed by atoms with Crippen LogP contribution in [0.4, 0.5) is 0 Å². The normalized spacial score (nSPS) is 11.1. The minimum atomic E-state index is -0.0663. The van der Waals surface area contributed by atoms with Crippen LogP contribution in [0.1, 0.15) is 11.4 Å². The topological polar surface area (TPSA) is 55.9 Å². The van der Waals surface area contributed by atoms with E-state index in [1.807, 2.05) is 31.3 Å².